The monoisotopic (exact) mass is 263 g/mol. The first-order valence-corrected chi connectivity index (χ1v) is 6.79. The van der Waals surface area contributed by atoms with E-state index in [-0.39, 0.29) is 5.91 Å². The van der Waals surface area contributed by atoms with Crippen LogP contribution in [0.5, 0.6) is 0 Å². The van der Waals surface area contributed by atoms with Crippen molar-refractivity contribution in [2.24, 2.45) is 5.73 Å². The smallest absolute Gasteiger partial charge is 0.239 e. The zero-order valence-corrected chi connectivity index (χ0v) is 12.4. The van der Waals surface area contributed by atoms with Crippen LogP contribution in [0.1, 0.15) is 26.3 Å². The Balaban J connectivity index is 2.95. The molecule has 0 saturated heterocycles. The quantitative estimate of drug-likeness (QED) is 0.787. The molecular weight excluding hydrogens is 238 g/mol. The Hall–Kier alpha value is -1.55. The molecule has 0 aliphatic carbocycles. The molecule has 1 amide bonds. The highest BCUT2D eigenvalue weighted by Crippen LogP contribution is 2.18. The molecule has 1 atom stereocenters. The number of aryl methyl sites for hydroxylation is 1. The second kappa shape index (κ2) is 6.57. The van der Waals surface area contributed by atoms with Gasteiger partial charge in [-0.1, -0.05) is 19.1 Å². The molecule has 19 heavy (non-hydrogen) atoms. The molecule has 4 heteroatoms. The molecule has 4 nitrogen and oxygen atoms in total. The predicted octanol–water partition coefficient (Wildman–Crippen LogP) is 1.67. The fourth-order valence-electron chi connectivity index (χ4n) is 2.20. The van der Waals surface area contributed by atoms with Gasteiger partial charge in [0.2, 0.25) is 5.91 Å². The van der Waals surface area contributed by atoms with Crippen molar-refractivity contribution in [3.05, 3.63) is 29.8 Å². The number of hydrogen-bond acceptors (Lipinski definition) is 3. The summed E-state index contributed by atoms with van der Waals surface area (Å²) >= 11 is 0. The van der Waals surface area contributed by atoms with Crippen LogP contribution in [0, 0.1) is 6.92 Å². The number of carbonyl (C=O) groups excluding carboxylic acids is 1. The molecule has 0 aliphatic rings. The van der Waals surface area contributed by atoms with Crippen LogP contribution in [0.15, 0.2) is 24.3 Å². The number of hydrogen-bond donors (Lipinski definition) is 2. The van der Waals surface area contributed by atoms with E-state index in [1.807, 2.05) is 19.9 Å². The molecule has 3 N–H and O–H groups in total. The van der Waals surface area contributed by atoms with Gasteiger partial charge in [0, 0.05) is 18.8 Å². The second-order valence-corrected chi connectivity index (χ2v) is 5.08. The maximum atomic E-state index is 11.7. The van der Waals surface area contributed by atoms with Gasteiger partial charge in [-0.25, -0.2) is 0 Å². The van der Waals surface area contributed by atoms with Crippen molar-refractivity contribution in [2.45, 2.75) is 33.2 Å². The first-order valence-electron chi connectivity index (χ1n) is 6.79. The summed E-state index contributed by atoms with van der Waals surface area (Å²) in [5.74, 6) is -0.319. The molecule has 0 aliphatic heterocycles. The van der Waals surface area contributed by atoms with E-state index in [9.17, 15) is 4.79 Å². The maximum Gasteiger partial charge on any atom is 0.239 e. The lowest BCUT2D eigenvalue weighted by Crippen LogP contribution is -2.59. The normalized spacial score (nSPS) is 13.9. The first-order chi connectivity index (χ1) is 8.92. The minimum atomic E-state index is -0.714. The molecule has 0 heterocycles. The Morgan fingerprint density at radius 3 is 2.58 bits per heavy atom. The molecule has 1 unspecified atom stereocenters. The number of likely N-dealkylation sites (N-methyl/N-ethyl adjacent to an activating group) is 2. The molecule has 0 aromatic heterocycles. The molecular formula is C15H25N3O. The van der Waals surface area contributed by atoms with Crippen molar-refractivity contribution in [3.63, 3.8) is 0 Å². The number of benzene rings is 1. The minimum Gasteiger partial charge on any atom is -0.369 e. The standard InChI is InChI=1S/C15H25N3O/c1-5-17-15(4,14(16)19)11-18(6-2)13-9-7-8-12(3)10-13/h7-10,17H,5-6,11H2,1-4H3,(H2,16,19). The zero-order chi connectivity index (χ0) is 14.5. The van der Waals surface area contributed by atoms with Crippen molar-refractivity contribution in [1.82, 2.24) is 5.32 Å². The number of amides is 1. The number of nitrogens with zero attached hydrogens (tertiary/aromatic N) is 1. The van der Waals surface area contributed by atoms with Crippen LogP contribution >= 0.6 is 0 Å². The van der Waals surface area contributed by atoms with Gasteiger partial charge < -0.3 is 16.0 Å². The van der Waals surface area contributed by atoms with E-state index in [1.54, 1.807) is 0 Å². The topological polar surface area (TPSA) is 58.4 Å². The lowest BCUT2D eigenvalue weighted by molar-refractivity contribution is -0.123. The first kappa shape index (κ1) is 15.5. The van der Waals surface area contributed by atoms with E-state index in [4.69, 9.17) is 5.73 Å². The van der Waals surface area contributed by atoms with Gasteiger partial charge in [0.15, 0.2) is 0 Å². The van der Waals surface area contributed by atoms with Crippen LogP contribution in [0.3, 0.4) is 0 Å². The van der Waals surface area contributed by atoms with Gasteiger partial charge in [-0.2, -0.15) is 0 Å². The Morgan fingerprint density at radius 2 is 2.11 bits per heavy atom. The van der Waals surface area contributed by atoms with Crippen LogP contribution in [-0.2, 0) is 4.79 Å². The highest BCUT2D eigenvalue weighted by Gasteiger charge is 2.32. The Labute approximate surface area is 116 Å². The van der Waals surface area contributed by atoms with Gasteiger partial charge in [-0.05, 0) is 45.0 Å². The van der Waals surface area contributed by atoms with E-state index in [2.05, 4.69) is 42.3 Å². The zero-order valence-electron chi connectivity index (χ0n) is 12.4. The predicted molar refractivity (Wildman–Crippen MR) is 80.3 cm³/mol. The summed E-state index contributed by atoms with van der Waals surface area (Å²) in [4.78, 5) is 13.9. The van der Waals surface area contributed by atoms with E-state index in [0.29, 0.717) is 13.1 Å². The SMILES string of the molecule is CCNC(C)(CN(CC)c1cccc(C)c1)C(N)=O. The Bertz CT molecular complexity index is 433. The number of nitrogens with one attached hydrogen (secondary N) is 1. The van der Waals surface area contributed by atoms with Gasteiger partial charge >= 0.3 is 0 Å². The largest absolute Gasteiger partial charge is 0.369 e. The lowest BCUT2D eigenvalue weighted by atomic mass is 10.00. The fraction of sp³-hybridized carbons (Fsp3) is 0.533. The van der Waals surface area contributed by atoms with Crippen LogP contribution < -0.4 is 16.0 Å². The average molecular weight is 263 g/mol. The van der Waals surface area contributed by atoms with E-state index in [0.717, 1.165) is 12.2 Å². The minimum absolute atomic E-state index is 0.319. The third-order valence-corrected chi connectivity index (χ3v) is 3.37. The van der Waals surface area contributed by atoms with Crippen LogP contribution in [0.4, 0.5) is 5.69 Å². The maximum absolute atomic E-state index is 11.7. The molecule has 0 bridgehead atoms. The Kier molecular flexibility index (Phi) is 5.36. The summed E-state index contributed by atoms with van der Waals surface area (Å²) in [5.41, 5.74) is 7.15. The molecule has 1 aromatic rings. The Morgan fingerprint density at radius 1 is 1.42 bits per heavy atom. The van der Waals surface area contributed by atoms with Crippen LogP contribution in [0.25, 0.3) is 0 Å². The highest BCUT2D eigenvalue weighted by molar-refractivity contribution is 5.85. The summed E-state index contributed by atoms with van der Waals surface area (Å²) in [6, 6.07) is 8.28. The van der Waals surface area contributed by atoms with Gasteiger partial charge in [0.25, 0.3) is 0 Å². The number of anilines is 1. The summed E-state index contributed by atoms with van der Waals surface area (Å²) < 4.78 is 0. The van der Waals surface area contributed by atoms with Gasteiger partial charge in [0.05, 0.1) is 0 Å². The molecule has 1 aromatic carbocycles. The van der Waals surface area contributed by atoms with Gasteiger partial charge in [-0.15, -0.1) is 0 Å². The molecule has 0 fully saturated rings. The van der Waals surface area contributed by atoms with Crippen LogP contribution in [-0.4, -0.2) is 31.1 Å². The number of carbonyl (C=O) groups is 1. The van der Waals surface area contributed by atoms with Crippen molar-refractivity contribution >= 4 is 11.6 Å². The molecule has 106 valence electrons. The van der Waals surface area contributed by atoms with Crippen molar-refractivity contribution < 1.29 is 4.79 Å². The van der Waals surface area contributed by atoms with Crippen molar-refractivity contribution in [3.8, 4) is 0 Å². The number of primary amides is 1. The molecule has 0 saturated carbocycles. The third kappa shape index (κ3) is 3.96. The van der Waals surface area contributed by atoms with E-state index < -0.39 is 5.54 Å². The van der Waals surface area contributed by atoms with Crippen molar-refractivity contribution in [1.29, 1.82) is 0 Å². The number of rotatable bonds is 7. The summed E-state index contributed by atoms with van der Waals surface area (Å²) in [6.45, 7) is 10.1. The summed E-state index contributed by atoms with van der Waals surface area (Å²) in [6.07, 6.45) is 0. The van der Waals surface area contributed by atoms with Crippen LogP contribution in [0.2, 0.25) is 0 Å². The van der Waals surface area contributed by atoms with Crippen molar-refractivity contribution in [2.75, 3.05) is 24.5 Å². The molecule has 0 radical (unpaired) electrons. The fourth-order valence-corrected chi connectivity index (χ4v) is 2.20. The highest BCUT2D eigenvalue weighted by atomic mass is 16.1. The molecule has 1 rings (SSSR count). The van der Waals surface area contributed by atoms with Gasteiger partial charge in [-0.3, -0.25) is 4.79 Å². The molecule has 0 spiro atoms. The summed E-state index contributed by atoms with van der Waals surface area (Å²) in [5, 5.41) is 3.19. The van der Waals surface area contributed by atoms with E-state index >= 15 is 0 Å². The van der Waals surface area contributed by atoms with E-state index in [1.165, 1.54) is 5.56 Å². The second-order valence-electron chi connectivity index (χ2n) is 5.08. The lowest BCUT2D eigenvalue weighted by Gasteiger charge is -2.34. The summed E-state index contributed by atoms with van der Waals surface area (Å²) in [7, 11) is 0. The average Bonchev–Trinajstić information content (AvgIpc) is 2.36. The third-order valence-electron chi connectivity index (χ3n) is 3.37. The van der Waals surface area contributed by atoms with Gasteiger partial charge in [0.1, 0.15) is 5.54 Å². The number of nitrogens with two attached hydrogens (primary N) is 1.